The van der Waals surface area contributed by atoms with Gasteiger partial charge in [0.25, 0.3) is 0 Å². The lowest BCUT2D eigenvalue weighted by atomic mass is 9.76. The van der Waals surface area contributed by atoms with Crippen molar-refractivity contribution in [2.45, 2.75) is 52.3 Å². The Morgan fingerprint density at radius 1 is 0.950 bits per heavy atom. The summed E-state index contributed by atoms with van der Waals surface area (Å²) in [5.41, 5.74) is 8.07. The first-order chi connectivity index (χ1) is 19.1. The van der Waals surface area contributed by atoms with Crippen LogP contribution in [0.25, 0.3) is 11.3 Å². The fourth-order valence-electron chi connectivity index (χ4n) is 5.37. The van der Waals surface area contributed by atoms with Crippen molar-refractivity contribution < 1.29 is 18.0 Å². The molecule has 40 heavy (non-hydrogen) atoms. The molecule has 0 radical (unpaired) electrons. The van der Waals surface area contributed by atoms with Crippen molar-refractivity contribution in [3.8, 4) is 11.3 Å². The first-order valence-electron chi connectivity index (χ1n) is 13.7. The molecule has 2 N–H and O–H groups in total. The molecule has 0 fully saturated rings. The summed E-state index contributed by atoms with van der Waals surface area (Å²) in [4.78, 5) is 18.9. The number of carbonyl (C=O) groups excluding carboxylic acids is 1. The Morgan fingerprint density at radius 3 is 2.23 bits per heavy atom. The van der Waals surface area contributed by atoms with Gasteiger partial charge in [0.05, 0.1) is 11.3 Å². The number of carbonyl (C=O) groups is 1. The lowest BCUT2D eigenvalue weighted by molar-refractivity contribution is -0.137. The molecular weight excluding hydrogens is 511 g/mol. The fraction of sp³-hybridized carbons (Fsp3) is 0.333. The first-order valence-corrected chi connectivity index (χ1v) is 13.7. The molecule has 0 aliphatic carbocycles. The zero-order chi connectivity index (χ0) is 28.9. The van der Waals surface area contributed by atoms with Crippen LogP contribution in [0.1, 0.15) is 65.5 Å². The average Bonchev–Trinajstić information content (AvgIpc) is 3.33. The third-order valence-corrected chi connectivity index (χ3v) is 7.35. The van der Waals surface area contributed by atoms with E-state index < -0.39 is 17.7 Å². The summed E-state index contributed by atoms with van der Waals surface area (Å²) in [5, 5.41) is 0. The second-order valence-electron chi connectivity index (χ2n) is 10.7. The number of halogens is 3. The predicted molar refractivity (Wildman–Crippen MR) is 153 cm³/mol. The van der Waals surface area contributed by atoms with Crippen molar-refractivity contribution in [3.05, 3.63) is 113 Å². The second-order valence-corrected chi connectivity index (χ2v) is 10.7. The molecule has 3 aromatic carbocycles. The molecule has 0 saturated heterocycles. The molecule has 1 heterocycles. The van der Waals surface area contributed by atoms with Gasteiger partial charge in [0.1, 0.15) is 5.82 Å². The van der Waals surface area contributed by atoms with Crippen molar-refractivity contribution in [2.24, 2.45) is 17.6 Å². The lowest BCUT2D eigenvalue weighted by Gasteiger charge is -2.30. The minimum atomic E-state index is -4.53. The molecule has 0 bridgehead atoms. The van der Waals surface area contributed by atoms with Crippen LogP contribution in [-0.4, -0.2) is 21.9 Å². The number of Topliss-reactive ketones (excluding diaryl/α,β-unsaturated/α-hetero) is 1. The molecule has 210 valence electrons. The van der Waals surface area contributed by atoms with E-state index in [0.717, 1.165) is 17.2 Å². The van der Waals surface area contributed by atoms with Gasteiger partial charge >= 0.3 is 6.18 Å². The number of benzene rings is 3. The Hall–Kier alpha value is -3.71. The molecule has 4 rings (SSSR count). The number of ketones is 1. The number of aryl methyl sites for hydroxylation is 1. The number of alkyl halides is 3. The Bertz CT molecular complexity index is 1410. The highest BCUT2D eigenvalue weighted by molar-refractivity contribution is 5.98. The highest BCUT2D eigenvalue weighted by Gasteiger charge is 2.37. The third kappa shape index (κ3) is 6.70. The average molecular weight is 548 g/mol. The zero-order valence-corrected chi connectivity index (χ0v) is 23.2. The molecule has 0 aliphatic rings. The van der Waals surface area contributed by atoms with Crippen molar-refractivity contribution in [1.29, 1.82) is 0 Å². The SMILES string of the molecule is Cc1ccc(C(=O)C(CCCN)[C@@H](c2nc(-c3ccccc3C(F)(F)F)cn2Cc2ccccc2)C(C)C)cc1. The molecular formula is C33H36F3N3O. The van der Waals surface area contributed by atoms with E-state index in [1.54, 1.807) is 12.3 Å². The van der Waals surface area contributed by atoms with Crippen LogP contribution >= 0.6 is 0 Å². The van der Waals surface area contributed by atoms with E-state index in [1.165, 1.54) is 12.1 Å². The summed E-state index contributed by atoms with van der Waals surface area (Å²) < 4.78 is 43.8. The minimum absolute atomic E-state index is 0.00125. The molecule has 1 aromatic heterocycles. The van der Waals surface area contributed by atoms with Gasteiger partial charge < -0.3 is 10.3 Å². The van der Waals surface area contributed by atoms with E-state index >= 15 is 0 Å². The van der Waals surface area contributed by atoms with Gasteiger partial charge in [-0.3, -0.25) is 4.79 Å². The predicted octanol–water partition coefficient (Wildman–Crippen LogP) is 7.90. The number of aromatic nitrogens is 2. The van der Waals surface area contributed by atoms with Crippen LogP contribution in [0.3, 0.4) is 0 Å². The molecule has 4 aromatic rings. The van der Waals surface area contributed by atoms with Crippen LogP contribution in [0.4, 0.5) is 13.2 Å². The van der Waals surface area contributed by atoms with Gasteiger partial charge in [-0.15, -0.1) is 0 Å². The van der Waals surface area contributed by atoms with Gasteiger partial charge in [0, 0.05) is 35.7 Å². The Kier molecular flexibility index (Phi) is 9.25. The van der Waals surface area contributed by atoms with Crippen LogP contribution < -0.4 is 5.73 Å². The van der Waals surface area contributed by atoms with Crippen LogP contribution in [-0.2, 0) is 12.7 Å². The third-order valence-electron chi connectivity index (χ3n) is 7.35. The van der Waals surface area contributed by atoms with Gasteiger partial charge in [-0.1, -0.05) is 92.2 Å². The van der Waals surface area contributed by atoms with Gasteiger partial charge in [0.2, 0.25) is 0 Å². The fourth-order valence-corrected chi connectivity index (χ4v) is 5.37. The second kappa shape index (κ2) is 12.6. The Balaban J connectivity index is 1.88. The quantitative estimate of drug-likeness (QED) is 0.194. The van der Waals surface area contributed by atoms with Crippen molar-refractivity contribution in [2.75, 3.05) is 6.54 Å². The van der Waals surface area contributed by atoms with Gasteiger partial charge in [-0.2, -0.15) is 13.2 Å². The van der Waals surface area contributed by atoms with E-state index in [-0.39, 0.29) is 28.9 Å². The Labute approximate surface area is 234 Å². The number of nitrogens with zero attached hydrogens (tertiary/aromatic N) is 2. The summed E-state index contributed by atoms with van der Waals surface area (Å²) in [6.45, 7) is 6.90. The lowest BCUT2D eigenvalue weighted by Crippen LogP contribution is -2.29. The largest absolute Gasteiger partial charge is 0.417 e. The van der Waals surface area contributed by atoms with Crippen molar-refractivity contribution in [1.82, 2.24) is 9.55 Å². The molecule has 0 aliphatic heterocycles. The van der Waals surface area contributed by atoms with Gasteiger partial charge in [-0.05, 0) is 43.9 Å². The normalized spacial score (nSPS) is 13.4. The van der Waals surface area contributed by atoms with Crippen molar-refractivity contribution in [3.63, 3.8) is 0 Å². The highest BCUT2D eigenvalue weighted by Crippen LogP contribution is 2.40. The maximum Gasteiger partial charge on any atom is 0.417 e. The van der Waals surface area contributed by atoms with Crippen LogP contribution in [0.2, 0.25) is 0 Å². The Morgan fingerprint density at radius 2 is 1.60 bits per heavy atom. The smallest absolute Gasteiger partial charge is 0.330 e. The van der Waals surface area contributed by atoms with E-state index in [4.69, 9.17) is 10.7 Å². The van der Waals surface area contributed by atoms with Crippen molar-refractivity contribution >= 4 is 5.78 Å². The van der Waals surface area contributed by atoms with Crippen LogP contribution in [0.5, 0.6) is 0 Å². The van der Waals surface area contributed by atoms with E-state index in [9.17, 15) is 18.0 Å². The number of nitrogens with two attached hydrogens (primary N) is 1. The molecule has 7 heteroatoms. The number of hydrogen-bond acceptors (Lipinski definition) is 3. The summed E-state index contributed by atoms with van der Waals surface area (Å²) in [5.74, 6) is -0.184. The van der Waals surface area contributed by atoms with E-state index in [0.29, 0.717) is 37.3 Å². The minimum Gasteiger partial charge on any atom is -0.330 e. The van der Waals surface area contributed by atoms with Crippen LogP contribution in [0, 0.1) is 18.8 Å². The standard InChI is InChI=1S/C33H36F3N3O/c1-22(2)30(27(13-9-19-37)31(40)25-17-15-23(3)16-18-25)32-38-29(21-39(32)20-24-10-5-4-6-11-24)26-12-7-8-14-28(26)33(34,35)36/h4-8,10-12,14-18,21-22,27,30H,9,13,19-20,37H2,1-3H3/t27?,30-/m0/s1. The number of hydrogen-bond donors (Lipinski definition) is 1. The summed E-state index contributed by atoms with van der Waals surface area (Å²) in [6.07, 6.45) is -1.63. The molecule has 1 unspecified atom stereocenters. The van der Waals surface area contributed by atoms with Gasteiger partial charge in [0.15, 0.2) is 5.78 Å². The van der Waals surface area contributed by atoms with E-state index in [2.05, 4.69) is 0 Å². The monoisotopic (exact) mass is 547 g/mol. The first kappa shape index (κ1) is 29.3. The molecule has 0 amide bonds. The molecule has 0 spiro atoms. The number of imidazole rings is 1. The zero-order valence-electron chi connectivity index (χ0n) is 23.2. The summed E-state index contributed by atoms with van der Waals surface area (Å²) in [7, 11) is 0. The molecule has 0 saturated carbocycles. The number of rotatable bonds is 11. The van der Waals surface area contributed by atoms with Crippen LogP contribution in [0.15, 0.2) is 85.1 Å². The van der Waals surface area contributed by atoms with Gasteiger partial charge in [-0.25, -0.2) is 4.98 Å². The topological polar surface area (TPSA) is 60.9 Å². The molecule has 4 nitrogen and oxygen atoms in total. The van der Waals surface area contributed by atoms with E-state index in [1.807, 2.05) is 79.9 Å². The summed E-state index contributed by atoms with van der Waals surface area (Å²) >= 11 is 0. The highest BCUT2D eigenvalue weighted by atomic mass is 19.4. The molecule has 2 atom stereocenters. The maximum atomic E-state index is 14.0. The maximum absolute atomic E-state index is 14.0. The summed E-state index contributed by atoms with van der Waals surface area (Å²) in [6, 6.07) is 22.7.